The molecule has 2 rings (SSSR count). The molecule has 0 aromatic heterocycles. The smallest absolute Gasteiger partial charge is 0.246 e. The zero-order valence-electron chi connectivity index (χ0n) is 11.0. The fourth-order valence-corrected chi connectivity index (χ4v) is 3.82. The van der Waals surface area contributed by atoms with Crippen LogP contribution in [0.2, 0.25) is 0 Å². The number of sulfonamides is 1. The molecule has 1 aromatic rings. The second kappa shape index (κ2) is 5.91. The van der Waals surface area contributed by atoms with Crippen molar-refractivity contribution in [3.63, 3.8) is 0 Å². The van der Waals surface area contributed by atoms with Crippen LogP contribution in [-0.2, 0) is 14.8 Å². The maximum atomic E-state index is 13.6. The van der Waals surface area contributed by atoms with Crippen LogP contribution in [-0.4, -0.2) is 33.7 Å². The van der Waals surface area contributed by atoms with Crippen molar-refractivity contribution in [1.29, 1.82) is 0 Å². The Balaban J connectivity index is 2.38. The topological polar surface area (TPSA) is 81.4 Å². The van der Waals surface area contributed by atoms with E-state index in [9.17, 15) is 21.6 Å². The SMILES string of the molecule is NCC1(NS(=O)(=O)c2c(F)cc(F)cc2F)CCOCC1. The quantitative estimate of drug-likeness (QED) is 0.862. The summed E-state index contributed by atoms with van der Waals surface area (Å²) in [4.78, 5) is -1.21. The van der Waals surface area contributed by atoms with Crippen LogP contribution in [0.15, 0.2) is 17.0 Å². The van der Waals surface area contributed by atoms with Gasteiger partial charge < -0.3 is 10.5 Å². The summed E-state index contributed by atoms with van der Waals surface area (Å²) in [5.41, 5.74) is 4.57. The Morgan fingerprint density at radius 2 is 1.71 bits per heavy atom. The molecule has 0 spiro atoms. The Bertz CT molecular complexity index is 608. The fraction of sp³-hybridized carbons (Fsp3) is 0.500. The van der Waals surface area contributed by atoms with E-state index in [4.69, 9.17) is 10.5 Å². The monoisotopic (exact) mass is 324 g/mol. The zero-order valence-corrected chi connectivity index (χ0v) is 11.9. The molecule has 1 aromatic carbocycles. The fourth-order valence-electron chi connectivity index (χ4n) is 2.23. The predicted octanol–water partition coefficient (Wildman–Crippen LogP) is 0.890. The normalized spacial score (nSPS) is 18.7. The van der Waals surface area contributed by atoms with Crippen LogP contribution >= 0.6 is 0 Å². The van der Waals surface area contributed by atoms with E-state index in [0.29, 0.717) is 12.1 Å². The molecular formula is C12H15F3N2O3S. The largest absolute Gasteiger partial charge is 0.381 e. The van der Waals surface area contributed by atoms with Crippen LogP contribution < -0.4 is 10.5 Å². The van der Waals surface area contributed by atoms with Crippen molar-refractivity contribution in [3.05, 3.63) is 29.6 Å². The number of nitrogens with two attached hydrogens (primary N) is 1. The van der Waals surface area contributed by atoms with E-state index in [0.717, 1.165) is 0 Å². The van der Waals surface area contributed by atoms with Gasteiger partial charge in [-0.1, -0.05) is 0 Å². The second-order valence-corrected chi connectivity index (χ2v) is 6.52. The molecule has 0 bridgehead atoms. The summed E-state index contributed by atoms with van der Waals surface area (Å²) >= 11 is 0. The third kappa shape index (κ3) is 3.37. The van der Waals surface area contributed by atoms with Crippen molar-refractivity contribution in [2.75, 3.05) is 19.8 Å². The highest BCUT2D eigenvalue weighted by molar-refractivity contribution is 7.89. The van der Waals surface area contributed by atoms with Gasteiger partial charge in [0, 0.05) is 37.4 Å². The van der Waals surface area contributed by atoms with Gasteiger partial charge in [0.15, 0.2) is 4.90 Å². The number of nitrogens with one attached hydrogen (secondary N) is 1. The number of hydrogen-bond acceptors (Lipinski definition) is 4. The molecule has 1 saturated heterocycles. The molecule has 1 heterocycles. The molecule has 118 valence electrons. The molecule has 1 fully saturated rings. The lowest BCUT2D eigenvalue weighted by molar-refractivity contribution is 0.0501. The molecule has 1 aliphatic heterocycles. The first-order chi connectivity index (χ1) is 9.80. The lowest BCUT2D eigenvalue weighted by Crippen LogP contribution is -2.56. The van der Waals surface area contributed by atoms with Gasteiger partial charge in [-0.3, -0.25) is 0 Å². The van der Waals surface area contributed by atoms with Crippen LogP contribution in [0.25, 0.3) is 0 Å². The molecule has 5 nitrogen and oxygen atoms in total. The Kier molecular flexibility index (Phi) is 4.57. The third-order valence-electron chi connectivity index (χ3n) is 3.42. The van der Waals surface area contributed by atoms with Gasteiger partial charge in [-0.15, -0.1) is 0 Å². The molecule has 0 unspecified atom stereocenters. The summed E-state index contributed by atoms with van der Waals surface area (Å²) in [7, 11) is -4.51. The highest BCUT2D eigenvalue weighted by atomic mass is 32.2. The molecule has 0 amide bonds. The Hall–Kier alpha value is -1.16. The molecular weight excluding hydrogens is 309 g/mol. The van der Waals surface area contributed by atoms with Crippen molar-refractivity contribution in [3.8, 4) is 0 Å². The zero-order chi connectivity index (χ0) is 15.7. The Labute approximate surface area is 120 Å². The molecule has 0 aliphatic carbocycles. The molecule has 0 atom stereocenters. The summed E-state index contributed by atoms with van der Waals surface area (Å²) in [6.45, 7) is 0.530. The maximum Gasteiger partial charge on any atom is 0.246 e. The van der Waals surface area contributed by atoms with E-state index in [1.165, 1.54) is 0 Å². The summed E-state index contributed by atoms with van der Waals surface area (Å²) < 4.78 is 71.9. The van der Waals surface area contributed by atoms with E-state index in [1.807, 2.05) is 0 Å². The number of ether oxygens (including phenoxy) is 1. The van der Waals surface area contributed by atoms with Gasteiger partial charge in [-0.2, -0.15) is 0 Å². The van der Waals surface area contributed by atoms with Crippen LogP contribution in [0.4, 0.5) is 13.2 Å². The molecule has 3 N–H and O–H groups in total. The van der Waals surface area contributed by atoms with Crippen molar-refractivity contribution in [2.24, 2.45) is 5.73 Å². The van der Waals surface area contributed by atoms with E-state index in [2.05, 4.69) is 4.72 Å². The molecule has 0 radical (unpaired) electrons. The standard InChI is InChI=1S/C12H15F3N2O3S/c13-8-5-9(14)11(10(15)6-8)21(18,19)17-12(7-16)1-3-20-4-2-12/h5-6,17H,1-4,7,16H2. The van der Waals surface area contributed by atoms with Crippen molar-refractivity contribution in [1.82, 2.24) is 4.72 Å². The van der Waals surface area contributed by atoms with Gasteiger partial charge in [0.1, 0.15) is 17.5 Å². The maximum absolute atomic E-state index is 13.6. The first kappa shape index (κ1) is 16.2. The van der Waals surface area contributed by atoms with Crippen LogP contribution in [0, 0.1) is 17.5 Å². The van der Waals surface area contributed by atoms with E-state index in [-0.39, 0.29) is 32.6 Å². The minimum atomic E-state index is -4.51. The Morgan fingerprint density at radius 1 is 1.19 bits per heavy atom. The minimum Gasteiger partial charge on any atom is -0.381 e. The van der Waals surface area contributed by atoms with Gasteiger partial charge in [0.25, 0.3) is 0 Å². The Morgan fingerprint density at radius 3 is 2.19 bits per heavy atom. The third-order valence-corrected chi connectivity index (χ3v) is 5.05. The van der Waals surface area contributed by atoms with Crippen molar-refractivity contribution < 1.29 is 26.3 Å². The van der Waals surface area contributed by atoms with Crippen LogP contribution in [0.5, 0.6) is 0 Å². The molecule has 9 heteroatoms. The molecule has 0 saturated carbocycles. The second-order valence-electron chi connectivity index (χ2n) is 4.90. The average molecular weight is 324 g/mol. The van der Waals surface area contributed by atoms with Gasteiger partial charge in [0.05, 0.1) is 0 Å². The summed E-state index contributed by atoms with van der Waals surface area (Å²) in [6.07, 6.45) is 0.570. The number of hydrogen-bond donors (Lipinski definition) is 2. The lowest BCUT2D eigenvalue weighted by atomic mass is 9.92. The minimum absolute atomic E-state index is 0.0416. The highest BCUT2D eigenvalue weighted by Crippen LogP contribution is 2.25. The first-order valence-corrected chi connectivity index (χ1v) is 7.74. The highest BCUT2D eigenvalue weighted by Gasteiger charge is 2.38. The molecule has 1 aliphatic rings. The summed E-state index contributed by atoms with van der Waals surface area (Å²) in [6, 6.07) is 0.632. The van der Waals surface area contributed by atoms with Crippen molar-refractivity contribution in [2.45, 2.75) is 23.3 Å². The summed E-state index contributed by atoms with van der Waals surface area (Å²) in [5.74, 6) is -4.16. The average Bonchev–Trinajstić information content (AvgIpc) is 2.37. The van der Waals surface area contributed by atoms with Crippen LogP contribution in [0.1, 0.15) is 12.8 Å². The predicted molar refractivity (Wildman–Crippen MR) is 68.5 cm³/mol. The number of halogens is 3. The molecule has 21 heavy (non-hydrogen) atoms. The van der Waals surface area contributed by atoms with Gasteiger partial charge in [-0.05, 0) is 12.8 Å². The van der Waals surface area contributed by atoms with Gasteiger partial charge in [0.2, 0.25) is 10.0 Å². The van der Waals surface area contributed by atoms with Gasteiger partial charge >= 0.3 is 0 Å². The van der Waals surface area contributed by atoms with E-state index in [1.54, 1.807) is 0 Å². The van der Waals surface area contributed by atoms with E-state index >= 15 is 0 Å². The summed E-state index contributed by atoms with van der Waals surface area (Å²) in [5, 5.41) is 0. The van der Waals surface area contributed by atoms with Crippen molar-refractivity contribution >= 4 is 10.0 Å². The van der Waals surface area contributed by atoms with Crippen LogP contribution in [0.3, 0.4) is 0 Å². The number of benzene rings is 1. The van der Waals surface area contributed by atoms with Gasteiger partial charge in [-0.25, -0.2) is 26.3 Å². The van der Waals surface area contributed by atoms with E-state index < -0.39 is 37.9 Å². The lowest BCUT2D eigenvalue weighted by Gasteiger charge is -2.36. The first-order valence-electron chi connectivity index (χ1n) is 6.26. The number of rotatable bonds is 4.